The lowest BCUT2D eigenvalue weighted by atomic mass is 10.1. The minimum atomic E-state index is -0.767. The highest BCUT2D eigenvalue weighted by Crippen LogP contribution is 2.30. The standard InChI is InChI=1S/C19H31N3O6/c1-18(2,3)27-17(24)22-14(12-26-19(22,4)5)11-25-10-13-8-6-7-9-15-20-28-16(23)21(13)15/h13-14H,6-12H2,1-5H3. The van der Waals surface area contributed by atoms with E-state index in [1.165, 1.54) is 0 Å². The Morgan fingerprint density at radius 1 is 1.25 bits per heavy atom. The molecule has 0 N–H and O–H groups in total. The maximum Gasteiger partial charge on any atom is 0.441 e. The SMILES string of the molecule is CC(C)(C)OC(=O)N1C(COCC2CCCCc3noc(=O)n32)COC1(C)C. The number of fused-ring (bicyclic) bond motifs is 1. The summed E-state index contributed by atoms with van der Waals surface area (Å²) in [6, 6.07) is -0.365. The average molecular weight is 397 g/mol. The van der Waals surface area contributed by atoms with Gasteiger partial charge < -0.3 is 14.2 Å². The molecule has 28 heavy (non-hydrogen) atoms. The zero-order valence-electron chi connectivity index (χ0n) is 17.4. The lowest BCUT2D eigenvalue weighted by molar-refractivity contribution is -0.0659. The van der Waals surface area contributed by atoms with Crippen LogP contribution in [-0.2, 0) is 20.6 Å². The number of ether oxygens (including phenoxy) is 3. The van der Waals surface area contributed by atoms with Crippen molar-refractivity contribution in [1.29, 1.82) is 0 Å². The fourth-order valence-corrected chi connectivity index (χ4v) is 3.79. The largest absolute Gasteiger partial charge is 0.444 e. The van der Waals surface area contributed by atoms with Crippen molar-refractivity contribution >= 4 is 6.09 Å². The molecule has 0 aliphatic carbocycles. The summed E-state index contributed by atoms with van der Waals surface area (Å²) in [6.45, 7) is 10.2. The van der Waals surface area contributed by atoms with Crippen LogP contribution in [0.1, 0.15) is 65.7 Å². The van der Waals surface area contributed by atoms with E-state index in [-0.39, 0.29) is 12.1 Å². The lowest BCUT2D eigenvalue weighted by Gasteiger charge is -2.35. The van der Waals surface area contributed by atoms with Crippen molar-refractivity contribution in [3.05, 3.63) is 16.4 Å². The number of hydrogen-bond donors (Lipinski definition) is 0. The summed E-state index contributed by atoms with van der Waals surface area (Å²) in [7, 11) is 0. The van der Waals surface area contributed by atoms with Gasteiger partial charge in [-0.2, -0.15) is 0 Å². The van der Waals surface area contributed by atoms with E-state index in [9.17, 15) is 9.59 Å². The third kappa shape index (κ3) is 4.57. The Bertz CT molecular complexity index is 748. The van der Waals surface area contributed by atoms with Crippen LogP contribution in [0.3, 0.4) is 0 Å². The van der Waals surface area contributed by atoms with Crippen LogP contribution in [0.4, 0.5) is 4.79 Å². The Kier molecular flexibility index (Phi) is 5.86. The van der Waals surface area contributed by atoms with Crippen molar-refractivity contribution in [1.82, 2.24) is 14.6 Å². The molecule has 2 atom stereocenters. The van der Waals surface area contributed by atoms with E-state index in [2.05, 4.69) is 5.16 Å². The molecule has 2 aliphatic heterocycles. The zero-order valence-corrected chi connectivity index (χ0v) is 17.4. The van der Waals surface area contributed by atoms with Gasteiger partial charge in [-0.1, -0.05) is 11.6 Å². The second kappa shape index (κ2) is 7.87. The van der Waals surface area contributed by atoms with E-state index >= 15 is 0 Å². The Hall–Kier alpha value is -1.87. The molecule has 3 heterocycles. The van der Waals surface area contributed by atoms with Crippen LogP contribution in [0.15, 0.2) is 9.32 Å². The fourth-order valence-electron chi connectivity index (χ4n) is 3.79. The third-order valence-corrected chi connectivity index (χ3v) is 5.04. The second-order valence-corrected chi connectivity index (χ2v) is 8.93. The highest BCUT2D eigenvalue weighted by Gasteiger charge is 2.45. The van der Waals surface area contributed by atoms with Crippen molar-refractivity contribution in [2.45, 2.75) is 83.7 Å². The van der Waals surface area contributed by atoms with Crippen LogP contribution in [0.25, 0.3) is 0 Å². The Morgan fingerprint density at radius 2 is 1.96 bits per heavy atom. The van der Waals surface area contributed by atoms with Gasteiger partial charge in [0.1, 0.15) is 11.3 Å². The molecule has 0 radical (unpaired) electrons. The molecular formula is C19H31N3O6. The van der Waals surface area contributed by atoms with E-state index in [0.717, 1.165) is 25.7 Å². The fraction of sp³-hybridized carbons (Fsp3) is 0.842. The van der Waals surface area contributed by atoms with E-state index in [1.54, 1.807) is 9.47 Å². The molecule has 1 aromatic rings. The highest BCUT2D eigenvalue weighted by atomic mass is 16.6. The van der Waals surface area contributed by atoms with Gasteiger partial charge in [0.2, 0.25) is 0 Å². The molecule has 1 amide bonds. The minimum Gasteiger partial charge on any atom is -0.444 e. The summed E-state index contributed by atoms with van der Waals surface area (Å²) in [5.41, 5.74) is -1.36. The van der Waals surface area contributed by atoms with Gasteiger partial charge in [-0.15, -0.1) is 0 Å². The number of amides is 1. The van der Waals surface area contributed by atoms with Gasteiger partial charge in [0, 0.05) is 6.42 Å². The molecule has 158 valence electrons. The number of carbonyl (C=O) groups excluding carboxylic acids is 1. The van der Waals surface area contributed by atoms with Crippen LogP contribution in [0, 0.1) is 0 Å². The quantitative estimate of drug-likeness (QED) is 0.770. The van der Waals surface area contributed by atoms with Crippen LogP contribution < -0.4 is 5.76 Å². The summed E-state index contributed by atoms with van der Waals surface area (Å²) in [5, 5.41) is 3.87. The molecular weight excluding hydrogens is 366 g/mol. The smallest absolute Gasteiger partial charge is 0.441 e. The topological polar surface area (TPSA) is 96.0 Å². The molecule has 0 saturated carbocycles. The van der Waals surface area contributed by atoms with E-state index in [0.29, 0.717) is 25.6 Å². The first-order valence-electron chi connectivity index (χ1n) is 9.89. The van der Waals surface area contributed by atoms with Crippen molar-refractivity contribution in [3.63, 3.8) is 0 Å². The number of rotatable bonds is 4. The van der Waals surface area contributed by atoms with Crippen molar-refractivity contribution in [2.24, 2.45) is 0 Å². The molecule has 2 aliphatic rings. The van der Waals surface area contributed by atoms with Gasteiger partial charge in [0.25, 0.3) is 0 Å². The first kappa shape index (κ1) is 20.9. The summed E-state index contributed by atoms with van der Waals surface area (Å²) >= 11 is 0. The predicted octanol–water partition coefficient (Wildman–Crippen LogP) is 2.49. The number of nitrogens with zero attached hydrogens (tertiary/aromatic N) is 3. The first-order chi connectivity index (χ1) is 13.1. The number of aromatic nitrogens is 2. The molecule has 9 heteroatoms. The van der Waals surface area contributed by atoms with Crippen molar-refractivity contribution in [2.75, 3.05) is 19.8 Å². The van der Waals surface area contributed by atoms with Crippen LogP contribution in [0.2, 0.25) is 0 Å². The lowest BCUT2D eigenvalue weighted by Crippen LogP contribution is -2.51. The molecule has 0 spiro atoms. The third-order valence-electron chi connectivity index (χ3n) is 5.04. The van der Waals surface area contributed by atoms with Crippen LogP contribution in [-0.4, -0.2) is 57.9 Å². The summed E-state index contributed by atoms with van der Waals surface area (Å²) in [4.78, 5) is 26.3. The molecule has 1 saturated heterocycles. The number of carbonyl (C=O) groups is 1. The molecule has 9 nitrogen and oxygen atoms in total. The Balaban J connectivity index is 1.63. The maximum absolute atomic E-state index is 12.7. The second-order valence-electron chi connectivity index (χ2n) is 8.93. The highest BCUT2D eigenvalue weighted by molar-refractivity contribution is 5.69. The predicted molar refractivity (Wildman–Crippen MR) is 100 cm³/mol. The van der Waals surface area contributed by atoms with E-state index in [1.807, 2.05) is 34.6 Å². The molecule has 3 rings (SSSR count). The van der Waals surface area contributed by atoms with Gasteiger partial charge >= 0.3 is 11.8 Å². The van der Waals surface area contributed by atoms with E-state index < -0.39 is 23.2 Å². The molecule has 1 aromatic heterocycles. The molecule has 0 bridgehead atoms. The van der Waals surface area contributed by atoms with Gasteiger partial charge in [0.15, 0.2) is 5.82 Å². The van der Waals surface area contributed by atoms with Gasteiger partial charge in [0.05, 0.1) is 31.9 Å². The van der Waals surface area contributed by atoms with Gasteiger partial charge in [-0.3, -0.25) is 14.0 Å². The molecule has 1 fully saturated rings. The molecule has 2 unspecified atom stereocenters. The van der Waals surface area contributed by atoms with Gasteiger partial charge in [-0.05, 0) is 47.5 Å². The van der Waals surface area contributed by atoms with Crippen LogP contribution in [0.5, 0.6) is 0 Å². The minimum absolute atomic E-state index is 0.110. The Morgan fingerprint density at radius 3 is 2.68 bits per heavy atom. The first-order valence-corrected chi connectivity index (χ1v) is 9.89. The number of hydrogen-bond acceptors (Lipinski definition) is 7. The maximum atomic E-state index is 12.7. The average Bonchev–Trinajstić information content (AvgIpc) is 2.99. The van der Waals surface area contributed by atoms with Gasteiger partial charge in [-0.25, -0.2) is 9.59 Å². The van der Waals surface area contributed by atoms with Crippen molar-refractivity contribution in [3.8, 4) is 0 Å². The normalized spacial score (nSPS) is 24.7. The Labute approximate surface area is 164 Å². The monoisotopic (exact) mass is 397 g/mol. The zero-order chi connectivity index (χ0) is 20.5. The summed E-state index contributed by atoms with van der Waals surface area (Å²) < 4.78 is 23.7. The molecule has 0 aromatic carbocycles. The summed E-state index contributed by atoms with van der Waals surface area (Å²) in [5.74, 6) is 0.239. The van der Waals surface area contributed by atoms with E-state index in [4.69, 9.17) is 18.7 Å². The van der Waals surface area contributed by atoms with Crippen LogP contribution >= 0.6 is 0 Å². The van der Waals surface area contributed by atoms with Crippen molar-refractivity contribution < 1.29 is 23.5 Å². The number of aryl methyl sites for hydroxylation is 1. The summed E-state index contributed by atoms with van der Waals surface area (Å²) in [6.07, 6.45) is 3.12.